The standard InChI is InChI=1S/C12H20N2O3S/c1-2-8-17-9-4-7-14-18(15,16)12-6-3-5-11(13)10-12/h3,5-6,10,14H,2,4,7-9,13H2,1H3. The number of nitrogen functional groups attached to an aromatic ring is 1. The summed E-state index contributed by atoms with van der Waals surface area (Å²) in [6, 6.07) is 6.23. The van der Waals surface area contributed by atoms with Gasteiger partial charge in [0.15, 0.2) is 0 Å². The molecule has 18 heavy (non-hydrogen) atoms. The molecule has 0 aliphatic carbocycles. The highest BCUT2D eigenvalue weighted by molar-refractivity contribution is 7.89. The molecule has 0 amide bonds. The summed E-state index contributed by atoms with van der Waals surface area (Å²) >= 11 is 0. The summed E-state index contributed by atoms with van der Waals surface area (Å²) in [5.74, 6) is 0. The highest BCUT2D eigenvalue weighted by Gasteiger charge is 2.12. The van der Waals surface area contributed by atoms with Crippen LogP contribution in [-0.2, 0) is 14.8 Å². The first-order valence-corrected chi connectivity index (χ1v) is 7.47. The number of nitrogens with one attached hydrogen (secondary N) is 1. The lowest BCUT2D eigenvalue weighted by atomic mass is 10.3. The van der Waals surface area contributed by atoms with Crippen molar-refractivity contribution in [1.29, 1.82) is 0 Å². The Morgan fingerprint density at radius 3 is 2.78 bits per heavy atom. The molecule has 0 fully saturated rings. The van der Waals surface area contributed by atoms with E-state index in [2.05, 4.69) is 4.72 Å². The third-order valence-corrected chi connectivity index (χ3v) is 3.73. The topological polar surface area (TPSA) is 81.4 Å². The van der Waals surface area contributed by atoms with Gasteiger partial charge in [-0.15, -0.1) is 0 Å². The van der Waals surface area contributed by atoms with Crippen LogP contribution in [0.25, 0.3) is 0 Å². The Labute approximate surface area is 108 Å². The SMILES string of the molecule is CCCOCCCNS(=O)(=O)c1cccc(N)c1. The molecule has 0 bridgehead atoms. The van der Waals surface area contributed by atoms with E-state index in [9.17, 15) is 8.42 Å². The second-order valence-corrected chi connectivity index (χ2v) is 5.70. The zero-order valence-corrected chi connectivity index (χ0v) is 11.4. The fourth-order valence-electron chi connectivity index (χ4n) is 1.39. The van der Waals surface area contributed by atoms with Crippen molar-refractivity contribution in [2.45, 2.75) is 24.7 Å². The largest absolute Gasteiger partial charge is 0.399 e. The Hall–Kier alpha value is -1.11. The van der Waals surface area contributed by atoms with E-state index >= 15 is 0 Å². The second kappa shape index (κ2) is 7.35. The summed E-state index contributed by atoms with van der Waals surface area (Å²) in [6.07, 6.45) is 1.62. The Balaban J connectivity index is 2.41. The number of rotatable bonds is 8. The maximum absolute atomic E-state index is 11.9. The lowest BCUT2D eigenvalue weighted by Gasteiger charge is -2.07. The number of sulfonamides is 1. The molecule has 0 spiro atoms. The molecular weight excluding hydrogens is 252 g/mol. The third kappa shape index (κ3) is 5.03. The summed E-state index contributed by atoms with van der Waals surface area (Å²) in [5.41, 5.74) is 5.99. The molecule has 5 nitrogen and oxygen atoms in total. The minimum Gasteiger partial charge on any atom is -0.399 e. The van der Waals surface area contributed by atoms with E-state index in [1.54, 1.807) is 12.1 Å². The predicted molar refractivity (Wildman–Crippen MR) is 71.8 cm³/mol. The fourth-order valence-corrected chi connectivity index (χ4v) is 2.52. The maximum Gasteiger partial charge on any atom is 0.240 e. The molecule has 0 unspecified atom stereocenters. The van der Waals surface area contributed by atoms with E-state index in [1.807, 2.05) is 6.92 Å². The Kier molecular flexibility index (Phi) is 6.11. The lowest BCUT2D eigenvalue weighted by Crippen LogP contribution is -2.25. The van der Waals surface area contributed by atoms with Crippen molar-refractivity contribution in [3.05, 3.63) is 24.3 Å². The number of hydrogen-bond acceptors (Lipinski definition) is 4. The number of nitrogens with two attached hydrogens (primary N) is 1. The molecule has 0 heterocycles. The Bertz CT molecular complexity index is 460. The zero-order chi connectivity index (χ0) is 13.4. The first kappa shape index (κ1) is 14.9. The molecule has 1 aromatic carbocycles. The molecule has 0 aromatic heterocycles. The fraction of sp³-hybridized carbons (Fsp3) is 0.500. The average molecular weight is 272 g/mol. The maximum atomic E-state index is 11.9. The van der Waals surface area contributed by atoms with Gasteiger partial charge in [-0.1, -0.05) is 13.0 Å². The summed E-state index contributed by atoms with van der Waals surface area (Å²) in [5, 5.41) is 0. The summed E-state index contributed by atoms with van der Waals surface area (Å²) in [4.78, 5) is 0.192. The Morgan fingerprint density at radius 1 is 1.33 bits per heavy atom. The van der Waals surface area contributed by atoms with Crippen molar-refractivity contribution in [3.63, 3.8) is 0 Å². The predicted octanol–water partition coefficient (Wildman–Crippen LogP) is 1.36. The number of anilines is 1. The van der Waals surface area contributed by atoms with Crippen LogP contribution in [0.4, 0.5) is 5.69 Å². The van der Waals surface area contributed by atoms with E-state index in [-0.39, 0.29) is 4.90 Å². The monoisotopic (exact) mass is 272 g/mol. The number of benzene rings is 1. The molecule has 0 aliphatic rings. The summed E-state index contributed by atoms with van der Waals surface area (Å²) in [6.45, 7) is 3.67. The first-order chi connectivity index (χ1) is 8.56. The first-order valence-electron chi connectivity index (χ1n) is 5.99. The van der Waals surface area contributed by atoms with Crippen LogP contribution in [0.1, 0.15) is 19.8 Å². The number of hydrogen-bond donors (Lipinski definition) is 2. The molecule has 0 saturated carbocycles. The smallest absolute Gasteiger partial charge is 0.240 e. The van der Waals surface area contributed by atoms with E-state index in [0.29, 0.717) is 31.9 Å². The van der Waals surface area contributed by atoms with Gasteiger partial charge in [0.05, 0.1) is 4.90 Å². The van der Waals surface area contributed by atoms with Gasteiger partial charge in [-0.3, -0.25) is 0 Å². The Morgan fingerprint density at radius 2 is 2.11 bits per heavy atom. The zero-order valence-electron chi connectivity index (χ0n) is 10.6. The van der Waals surface area contributed by atoms with E-state index in [1.165, 1.54) is 12.1 Å². The van der Waals surface area contributed by atoms with Crippen molar-refractivity contribution in [1.82, 2.24) is 4.72 Å². The van der Waals surface area contributed by atoms with Crippen molar-refractivity contribution in [3.8, 4) is 0 Å². The molecule has 3 N–H and O–H groups in total. The minimum absolute atomic E-state index is 0.192. The van der Waals surface area contributed by atoms with Gasteiger partial charge < -0.3 is 10.5 Å². The normalized spacial score (nSPS) is 11.6. The summed E-state index contributed by atoms with van der Waals surface area (Å²) < 4.78 is 31.5. The minimum atomic E-state index is -3.46. The molecule has 1 rings (SSSR count). The quantitative estimate of drug-likeness (QED) is 0.553. The molecule has 0 radical (unpaired) electrons. The molecule has 0 saturated heterocycles. The van der Waals surface area contributed by atoms with Crippen LogP contribution in [0.15, 0.2) is 29.2 Å². The van der Waals surface area contributed by atoms with Crippen LogP contribution in [0.3, 0.4) is 0 Å². The van der Waals surface area contributed by atoms with Crippen molar-refractivity contribution in [2.24, 2.45) is 0 Å². The van der Waals surface area contributed by atoms with E-state index in [4.69, 9.17) is 10.5 Å². The molecule has 6 heteroatoms. The van der Waals surface area contributed by atoms with Crippen LogP contribution in [0, 0.1) is 0 Å². The third-order valence-electron chi connectivity index (χ3n) is 2.27. The van der Waals surface area contributed by atoms with Gasteiger partial charge in [0, 0.05) is 25.4 Å². The van der Waals surface area contributed by atoms with E-state index in [0.717, 1.165) is 6.42 Å². The summed E-state index contributed by atoms with van der Waals surface area (Å²) in [7, 11) is -3.46. The molecular formula is C12H20N2O3S. The van der Waals surface area contributed by atoms with Crippen LogP contribution in [0.5, 0.6) is 0 Å². The highest BCUT2D eigenvalue weighted by atomic mass is 32.2. The van der Waals surface area contributed by atoms with Gasteiger partial charge in [-0.05, 0) is 31.0 Å². The molecule has 0 aliphatic heterocycles. The van der Waals surface area contributed by atoms with Gasteiger partial charge in [-0.25, -0.2) is 13.1 Å². The van der Waals surface area contributed by atoms with Gasteiger partial charge in [0.2, 0.25) is 10.0 Å². The number of ether oxygens (including phenoxy) is 1. The molecule has 102 valence electrons. The van der Waals surface area contributed by atoms with Gasteiger partial charge in [0.1, 0.15) is 0 Å². The molecule has 0 atom stereocenters. The average Bonchev–Trinajstić information content (AvgIpc) is 2.33. The highest BCUT2D eigenvalue weighted by Crippen LogP contribution is 2.12. The molecule has 1 aromatic rings. The van der Waals surface area contributed by atoms with Crippen molar-refractivity contribution in [2.75, 3.05) is 25.5 Å². The van der Waals surface area contributed by atoms with Gasteiger partial charge >= 0.3 is 0 Å². The van der Waals surface area contributed by atoms with Crippen LogP contribution >= 0.6 is 0 Å². The van der Waals surface area contributed by atoms with Crippen LogP contribution < -0.4 is 10.5 Å². The van der Waals surface area contributed by atoms with Crippen LogP contribution in [0.2, 0.25) is 0 Å². The van der Waals surface area contributed by atoms with Crippen molar-refractivity contribution >= 4 is 15.7 Å². The lowest BCUT2D eigenvalue weighted by molar-refractivity contribution is 0.133. The second-order valence-electron chi connectivity index (χ2n) is 3.94. The van der Waals surface area contributed by atoms with Gasteiger partial charge in [-0.2, -0.15) is 0 Å². The van der Waals surface area contributed by atoms with E-state index < -0.39 is 10.0 Å². The van der Waals surface area contributed by atoms with Crippen LogP contribution in [-0.4, -0.2) is 28.2 Å². The van der Waals surface area contributed by atoms with Gasteiger partial charge in [0.25, 0.3) is 0 Å². The van der Waals surface area contributed by atoms with Crippen molar-refractivity contribution < 1.29 is 13.2 Å².